The van der Waals surface area contributed by atoms with Crippen molar-refractivity contribution in [3.63, 3.8) is 0 Å². The van der Waals surface area contributed by atoms with Gasteiger partial charge in [0.15, 0.2) is 0 Å². The third-order valence-electron chi connectivity index (χ3n) is 8.88. The Labute approximate surface area is 266 Å². The molecular formula is C38H38Cl2Zr. The Morgan fingerprint density at radius 3 is 1.51 bits per heavy atom. The third-order valence-corrected chi connectivity index (χ3v) is 18.0. The van der Waals surface area contributed by atoms with Crippen LogP contribution in [0.25, 0.3) is 11.1 Å². The monoisotopic (exact) mass is 654 g/mol. The Kier molecular flexibility index (Phi) is 10.3. The van der Waals surface area contributed by atoms with E-state index in [9.17, 15) is 0 Å². The maximum atomic E-state index is 2.57. The van der Waals surface area contributed by atoms with Gasteiger partial charge in [-0.3, -0.25) is 0 Å². The van der Waals surface area contributed by atoms with Crippen LogP contribution in [0.15, 0.2) is 118 Å². The molecule has 0 radical (unpaired) electrons. The predicted molar refractivity (Wildman–Crippen MR) is 164 cm³/mol. The molecule has 0 fully saturated rings. The molecule has 2 aliphatic carbocycles. The van der Waals surface area contributed by atoms with Crippen LogP contribution in [0.1, 0.15) is 71.6 Å². The zero-order chi connectivity index (χ0) is 27.1. The maximum Gasteiger partial charge on any atom is -1.00 e. The van der Waals surface area contributed by atoms with Gasteiger partial charge in [-0.2, -0.15) is 0 Å². The Morgan fingerprint density at radius 1 is 0.659 bits per heavy atom. The molecule has 41 heavy (non-hydrogen) atoms. The van der Waals surface area contributed by atoms with E-state index in [1.54, 1.807) is 23.2 Å². The van der Waals surface area contributed by atoms with Gasteiger partial charge in [0.1, 0.15) is 0 Å². The fraction of sp³-hybridized carbons (Fsp3) is 0.237. The van der Waals surface area contributed by atoms with Crippen molar-refractivity contribution < 1.29 is 46.1 Å². The van der Waals surface area contributed by atoms with Gasteiger partial charge in [0.25, 0.3) is 0 Å². The molecule has 0 saturated carbocycles. The molecule has 0 aliphatic heterocycles. The molecule has 4 aromatic rings. The number of aryl methyl sites for hydroxylation is 2. The Balaban J connectivity index is 0.00000194. The largest absolute Gasteiger partial charge is 1.00 e. The SMILES string of the molecule is CCc1ccc2c(c1)[CH]([Zr+2]([C]1=C(C)C(C)=CC1C)=[C](c1ccccc1)c1ccccc1)c1cc(CC)ccc1-2.[Cl-].[Cl-]. The number of halogens is 2. The molecule has 1 atom stereocenters. The van der Waals surface area contributed by atoms with Crippen molar-refractivity contribution >= 4 is 3.21 Å². The topological polar surface area (TPSA) is 0 Å². The summed E-state index contributed by atoms with van der Waals surface area (Å²) >= 11 is -2.72. The van der Waals surface area contributed by atoms with Gasteiger partial charge in [-0.05, 0) is 0 Å². The van der Waals surface area contributed by atoms with E-state index >= 15 is 0 Å². The molecule has 6 rings (SSSR count). The van der Waals surface area contributed by atoms with Crippen LogP contribution in [0.3, 0.4) is 0 Å². The summed E-state index contributed by atoms with van der Waals surface area (Å²) in [7, 11) is 0. The van der Waals surface area contributed by atoms with Gasteiger partial charge >= 0.3 is 244 Å². The second kappa shape index (κ2) is 13.3. The van der Waals surface area contributed by atoms with Gasteiger partial charge in [-0.15, -0.1) is 0 Å². The minimum atomic E-state index is -2.72. The first-order valence-electron chi connectivity index (χ1n) is 14.5. The van der Waals surface area contributed by atoms with Crippen LogP contribution in [-0.4, -0.2) is 3.21 Å². The van der Waals surface area contributed by atoms with Crippen molar-refractivity contribution in [1.29, 1.82) is 0 Å². The Morgan fingerprint density at radius 2 is 1.12 bits per heavy atom. The molecule has 0 N–H and O–H groups in total. The van der Waals surface area contributed by atoms with E-state index in [1.165, 1.54) is 39.0 Å². The average molecular weight is 657 g/mol. The van der Waals surface area contributed by atoms with Crippen molar-refractivity contribution in [2.75, 3.05) is 0 Å². The van der Waals surface area contributed by atoms with Crippen molar-refractivity contribution in [2.45, 2.75) is 51.1 Å². The molecule has 0 bridgehead atoms. The maximum absolute atomic E-state index is 2.72. The molecular weight excluding hydrogens is 619 g/mol. The molecule has 0 aromatic heterocycles. The molecule has 1 unspecified atom stereocenters. The van der Waals surface area contributed by atoms with Gasteiger partial charge in [-0.25, -0.2) is 0 Å². The summed E-state index contributed by atoms with van der Waals surface area (Å²) < 4.78 is 3.86. The molecule has 0 nitrogen and oxygen atoms in total. The van der Waals surface area contributed by atoms with E-state index in [2.05, 4.69) is 138 Å². The van der Waals surface area contributed by atoms with Crippen molar-refractivity contribution in [3.05, 3.63) is 151 Å². The van der Waals surface area contributed by atoms with Gasteiger partial charge < -0.3 is 24.8 Å². The number of hydrogen-bond donors (Lipinski definition) is 0. The quantitative estimate of drug-likeness (QED) is 0.298. The fourth-order valence-electron chi connectivity index (χ4n) is 6.82. The molecule has 0 amide bonds. The van der Waals surface area contributed by atoms with E-state index in [4.69, 9.17) is 0 Å². The minimum Gasteiger partial charge on any atom is -1.00 e. The number of benzene rings is 4. The van der Waals surface area contributed by atoms with E-state index in [0.29, 0.717) is 9.54 Å². The van der Waals surface area contributed by atoms with Crippen LogP contribution in [0.5, 0.6) is 0 Å². The Bertz CT molecular complexity index is 1550. The molecule has 2 aliphatic rings. The zero-order valence-electron chi connectivity index (χ0n) is 24.6. The first-order chi connectivity index (χ1) is 19.0. The van der Waals surface area contributed by atoms with Gasteiger partial charge in [0.2, 0.25) is 0 Å². The van der Waals surface area contributed by atoms with E-state index in [1.807, 2.05) is 0 Å². The van der Waals surface area contributed by atoms with Gasteiger partial charge in [0.05, 0.1) is 0 Å². The molecule has 0 saturated heterocycles. The second-order valence-electron chi connectivity index (χ2n) is 11.2. The third kappa shape index (κ3) is 5.71. The van der Waals surface area contributed by atoms with E-state index in [-0.39, 0.29) is 24.8 Å². The smallest absolute Gasteiger partial charge is 1.00 e. The van der Waals surface area contributed by atoms with Crippen LogP contribution < -0.4 is 24.8 Å². The summed E-state index contributed by atoms with van der Waals surface area (Å²) in [6, 6.07) is 37.4. The summed E-state index contributed by atoms with van der Waals surface area (Å²) in [6.07, 6.45) is 4.67. The summed E-state index contributed by atoms with van der Waals surface area (Å²) in [5.74, 6) is 0.484. The molecule has 0 heterocycles. The Hall–Kier alpha value is -2.31. The number of fused-ring (bicyclic) bond motifs is 3. The second-order valence-corrected chi connectivity index (χ2v) is 17.2. The minimum absolute atomic E-state index is 0. The zero-order valence-corrected chi connectivity index (χ0v) is 28.6. The number of hydrogen-bond acceptors (Lipinski definition) is 0. The molecule has 3 heteroatoms. The van der Waals surface area contributed by atoms with E-state index < -0.39 is 21.3 Å². The molecule has 208 valence electrons. The van der Waals surface area contributed by atoms with Crippen molar-refractivity contribution in [3.8, 4) is 11.1 Å². The van der Waals surface area contributed by atoms with Crippen LogP contribution in [-0.2, 0) is 34.1 Å². The molecule has 4 aromatic carbocycles. The first kappa shape index (κ1) is 31.6. The van der Waals surface area contributed by atoms with Crippen molar-refractivity contribution in [1.82, 2.24) is 0 Å². The van der Waals surface area contributed by atoms with Crippen LogP contribution >= 0.6 is 0 Å². The molecule has 0 spiro atoms. The van der Waals surface area contributed by atoms with Crippen LogP contribution in [0, 0.1) is 5.92 Å². The fourth-order valence-corrected chi connectivity index (χ4v) is 16.9. The van der Waals surface area contributed by atoms with Crippen molar-refractivity contribution in [2.24, 2.45) is 5.92 Å². The number of rotatable bonds is 6. The van der Waals surface area contributed by atoms with Crippen LogP contribution in [0.2, 0.25) is 0 Å². The normalized spacial score (nSPS) is 15.2. The first-order valence-corrected chi connectivity index (χ1v) is 18.4. The number of allylic oxidation sites excluding steroid dienone is 4. The summed E-state index contributed by atoms with van der Waals surface area (Å²) in [6.45, 7) is 11.8. The van der Waals surface area contributed by atoms with Crippen LogP contribution in [0.4, 0.5) is 0 Å². The predicted octanol–water partition coefficient (Wildman–Crippen LogP) is 3.65. The van der Waals surface area contributed by atoms with Gasteiger partial charge in [0, 0.05) is 0 Å². The summed E-state index contributed by atoms with van der Waals surface area (Å²) in [5.41, 5.74) is 14.8. The average Bonchev–Trinajstić information content (AvgIpc) is 3.43. The summed E-state index contributed by atoms with van der Waals surface area (Å²) in [4.78, 5) is 0. The standard InChI is InChI=1S/C17H17.C13H10.C8H11.2ClH.Zr/c1-3-12-5-7-16-14(9-12)11-15-10-13(4-2)6-8-17(15)16;1-3-7-12(8-4-1)11-13-9-5-2-6-10-13;1-6-4-7(2)8(3)5-6;;;/h5-11H,3-4H2,1-2H3;1-10H;4,6H,1-3H3;2*1H;/q;;;;;+2/p-2. The summed E-state index contributed by atoms with van der Waals surface area (Å²) in [5, 5.41) is 0. The van der Waals surface area contributed by atoms with Gasteiger partial charge in [-0.1, -0.05) is 0 Å². The van der Waals surface area contributed by atoms with E-state index in [0.717, 1.165) is 12.8 Å².